The highest BCUT2D eigenvalue weighted by atomic mass is 16.3. The molecule has 3 nitrogen and oxygen atoms in total. The number of nitrogens with one attached hydrogen (secondary N) is 1. The molecular weight excluding hydrogens is 152 g/mol. The zero-order valence-electron chi connectivity index (χ0n) is 7.03. The smallest absolute Gasteiger partial charge is 0.0679 e. The maximum absolute atomic E-state index is 9.28. The van der Waals surface area contributed by atoms with Gasteiger partial charge in [0.05, 0.1) is 6.10 Å². The summed E-state index contributed by atoms with van der Waals surface area (Å²) < 4.78 is 0. The first-order valence-electron chi connectivity index (χ1n) is 4.36. The van der Waals surface area contributed by atoms with Crippen LogP contribution >= 0.6 is 0 Å². The first-order chi connectivity index (χ1) is 5.84. The summed E-state index contributed by atoms with van der Waals surface area (Å²) in [6.45, 7) is 2.80. The van der Waals surface area contributed by atoms with Gasteiger partial charge in [-0.25, -0.2) is 0 Å². The number of hydrogen-bond acceptors (Lipinski definition) is 2. The standard InChI is InChI=1S/C9H14N2O/c12-9-2-4-11(7-9)6-8-1-3-10-5-8/h1,3,5,9-10,12H,2,4,6-7H2/t9-/m1/s1. The van der Waals surface area contributed by atoms with Crippen molar-refractivity contribution in [1.29, 1.82) is 0 Å². The van der Waals surface area contributed by atoms with Crippen molar-refractivity contribution in [3.05, 3.63) is 24.0 Å². The van der Waals surface area contributed by atoms with E-state index < -0.39 is 0 Å². The van der Waals surface area contributed by atoms with E-state index in [4.69, 9.17) is 0 Å². The lowest BCUT2D eigenvalue weighted by atomic mass is 10.3. The molecule has 1 aliphatic heterocycles. The van der Waals surface area contributed by atoms with E-state index in [1.165, 1.54) is 5.56 Å². The number of nitrogens with zero attached hydrogens (tertiary/aromatic N) is 1. The summed E-state index contributed by atoms with van der Waals surface area (Å²) in [5, 5.41) is 9.28. The summed E-state index contributed by atoms with van der Waals surface area (Å²) in [4.78, 5) is 5.30. The number of β-amino-alcohol motifs (C(OH)–C–C–N with tert-alkyl or cyclic N) is 1. The molecule has 0 aliphatic carbocycles. The summed E-state index contributed by atoms with van der Waals surface area (Å²) in [6, 6.07) is 2.07. The quantitative estimate of drug-likeness (QED) is 0.674. The molecule has 1 aromatic heterocycles. The highest BCUT2D eigenvalue weighted by molar-refractivity contribution is 5.08. The number of hydrogen-bond donors (Lipinski definition) is 2. The Morgan fingerprint density at radius 3 is 3.17 bits per heavy atom. The van der Waals surface area contributed by atoms with E-state index in [0.29, 0.717) is 0 Å². The summed E-state index contributed by atoms with van der Waals surface area (Å²) in [5.74, 6) is 0. The van der Waals surface area contributed by atoms with E-state index >= 15 is 0 Å². The Balaban J connectivity index is 1.88. The number of aliphatic hydroxyl groups is 1. The van der Waals surface area contributed by atoms with Crippen LogP contribution in [0.2, 0.25) is 0 Å². The monoisotopic (exact) mass is 166 g/mol. The molecular formula is C9H14N2O. The molecule has 2 heterocycles. The van der Waals surface area contributed by atoms with Gasteiger partial charge in [-0.05, 0) is 18.1 Å². The van der Waals surface area contributed by atoms with E-state index in [1.54, 1.807) is 0 Å². The molecule has 0 amide bonds. The van der Waals surface area contributed by atoms with Gasteiger partial charge < -0.3 is 10.1 Å². The predicted octanol–water partition coefficient (Wildman–Crippen LogP) is 0.581. The number of likely N-dealkylation sites (tertiary alicyclic amines) is 1. The second-order valence-corrected chi connectivity index (χ2v) is 3.40. The Labute approximate surface area is 72.0 Å². The zero-order valence-corrected chi connectivity index (χ0v) is 7.03. The molecule has 1 aromatic rings. The molecule has 2 rings (SSSR count). The van der Waals surface area contributed by atoms with Gasteiger partial charge in [0.15, 0.2) is 0 Å². The molecule has 1 fully saturated rings. The fourth-order valence-electron chi connectivity index (χ4n) is 1.67. The lowest BCUT2D eigenvalue weighted by Crippen LogP contribution is -2.21. The van der Waals surface area contributed by atoms with Gasteiger partial charge in [0.1, 0.15) is 0 Å². The largest absolute Gasteiger partial charge is 0.392 e. The second kappa shape index (κ2) is 3.29. The van der Waals surface area contributed by atoms with Crippen molar-refractivity contribution in [2.45, 2.75) is 19.1 Å². The molecule has 0 unspecified atom stereocenters. The third kappa shape index (κ3) is 1.68. The van der Waals surface area contributed by atoms with Crippen LogP contribution in [-0.2, 0) is 6.54 Å². The fourth-order valence-corrected chi connectivity index (χ4v) is 1.67. The maximum atomic E-state index is 9.28. The van der Waals surface area contributed by atoms with Crippen LogP contribution in [-0.4, -0.2) is 34.2 Å². The van der Waals surface area contributed by atoms with Crippen molar-refractivity contribution in [3.63, 3.8) is 0 Å². The van der Waals surface area contributed by atoms with Crippen LogP contribution < -0.4 is 0 Å². The molecule has 12 heavy (non-hydrogen) atoms. The Morgan fingerprint density at radius 2 is 2.58 bits per heavy atom. The van der Waals surface area contributed by atoms with Crippen molar-refractivity contribution >= 4 is 0 Å². The first kappa shape index (κ1) is 7.83. The van der Waals surface area contributed by atoms with Gasteiger partial charge in [0.2, 0.25) is 0 Å². The summed E-state index contributed by atoms with van der Waals surface area (Å²) in [6.07, 6.45) is 4.75. The van der Waals surface area contributed by atoms with E-state index in [-0.39, 0.29) is 6.10 Å². The summed E-state index contributed by atoms with van der Waals surface area (Å²) in [7, 11) is 0. The number of aliphatic hydroxyl groups excluding tert-OH is 1. The van der Waals surface area contributed by atoms with Crippen LogP contribution in [0.25, 0.3) is 0 Å². The van der Waals surface area contributed by atoms with Crippen LogP contribution in [0.4, 0.5) is 0 Å². The highest BCUT2D eigenvalue weighted by Crippen LogP contribution is 2.12. The van der Waals surface area contributed by atoms with Crippen LogP contribution in [0, 0.1) is 0 Å². The van der Waals surface area contributed by atoms with E-state index in [1.807, 2.05) is 12.4 Å². The van der Waals surface area contributed by atoms with Gasteiger partial charge >= 0.3 is 0 Å². The maximum Gasteiger partial charge on any atom is 0.0679 e. The normalized spacial score (nSPS) is 24.9. The van der Waals surface area contributed by atoms with Crippen molar-refractivity contribution in [2.75, 3.05) is 13.1 Å². The molecule has 0 spiro atoms. The third-order valence-electron chi connectivity index (χ3n) is 2.32. The molecule has 2 N–H and O–H groups in total. The Hall–Kier alpha value is -0.800. The Bertz CT molecular complexity index is 233. The van der Waals surface area contributed by atoms with Crippen LogP contribution in [0.5, 0.6) is 0 Å². The average Bonchev–Trinajstić information content (AvgIpc) is 2.63. The second-order valence-electron chi connectivity index (χ2n) is 3.40. The van der Waals surface area contributed by atoms with Gasteiger partial charge in [-0.1, -0.05) is 0 Å². The van der Waals surface area contributed by atoms with Crippen LogP contribution in [0.3, 0.4) is 0 Å². The zero-order chi connectivity index (χ0) is 8.39. The van der Waals surface area contributed by atoms with E-state index in [9.17, 15) is 5.11 Å². The van der Waals surface area contributed by atoms with Gasteiger partial charge in [-0.2, -0.15) is 0 Å². The molecule has 0 saturated carbocycles. The topological polar surface area (TPSA) is 39.3 Å². The fraction of sp³-hybridized carbons (Fsp3) is 0.556. The lowest BCUT2D eigenvalue weighted by Gasteiger charge is -2.12. The first-order valence-corrected chi connectivity index (χ1v) is 4.36. The lowest BCUT2D eigenvalue weighted by molar-refractivity contribution is 0.175. The minimum Gasteiger partial charge on any atom is -0.392 e. The summed E-state index contributed by atoms with van der Waals surface area (Å²) in [5.41, 5.74) is 1.30. The molecule has 1 saturated heterocycles. The third-order valence-corrected chi connectivity index (χ3v) is 2.32. The van der Waals surface area contributed by atoms with Gasteiger partial charge in [0, 0.05) is 32.0 Å². The minimum absolute atomic E-state index is 0.107. The molecule has 0 aromatic carbocycles. The van der Waals surface area contributed by atoms with Crippen molar-refractivity contribution in [2.24, 2.45) is 0 Å². The molecule has 3 heteroatoms. The molecule has 66 valence electrons. The van der Waals surface area contributed by atoms with Crippen molar-refractivity contribution < 1.29 is 5.11 Å². The number of rotatable bonds is 2. The number of aromatic nitrogens is 1. The molecule has 1 atom stereocenters. The van der Waals surface area contributed by atoms with Gasteiger partial charge in [0.25, 0.3) is 0 Å². The van der Waals surface area contributed by atoms with E-state index in [2.05, 4.69) is 16.0 Å². The van der Waals surface area contributed by atoms with Gasteiger partial charge in [-0.3, -0.25) is 4.90 Å². The SMILES string of the molecule is O[C@@H]1CCN(Cc2cc[nH]c2)C1. The van der Waals surface area contributed by atoms with Crippen LogP contribution in [0.15, 0.2) is 18.5 Å². The minimum atomic E-state index is -0.107. The van der Waals surface area contributed by atoms with Crippen molar-refractivity contribution in [3.8, 4) is 0 Å². The highest BCUT2D eigenvalue weighted by Gasteiger charge is 2.19. The molecule has 1 aliphatic rings. The predicted molar refractivity (Wildman–Crippen MR) is 46.7 cm³/mol. The Kier molecular flexibility index (Phi) is 2.15. The van der Waals surface area contributed by atoms with Gasteiger partial charge in [-0.15, -0.1) is 0 Å². The van der Waals surface area contributed by atoms with Crippen LogP contribution in [0.1, 0.15) is 12.0 Å². The Morgan fingerprint density at radius 1 is 1.67 bits per heavy atom. The number of H-pyrrole nitrogens is 1. The average molecular weight is 166 g/mol. The number of aromatic amines is 1. The molecule has 0 bridgehead atoms. The van der Waals surface area contributed by atoms with E-state index in [0.717, 1.165) is 26.1 Å². The molecule has 0 radical (unpaired) electrons. The summed E-state index contributed by atoms with van der Waals surface area (Å²) >= 11 is 0. The van der Waals surface area contributed by atoms with Crippen molar-refractivity contribution in [1.82, 2.24) is 9.88 Å².